The summed E-state index contributed by atoms with van der Waals surface area (Å²) in [5.74, 6) is 2.30. The van der Waals surface area contributed by atoms with Crippen molar-refractivity contribution >= 4 is 17.5 Å². The summed E-state index contributed by atoms with van der Waals surface area (Å²) in [5, 5.41) is 0.614. The molecule has 7 nitrogen and oxygen atoms in total. The van der Waals surface area contributed by atoms with Crippen molar-refractivity contribution < 1.29 is 23.7 Å². The fourth-order valence-corrected chi connectivity index (χ4v) is 3.79. The van der Waals surface area contributed by atoms with Gasteiger partial charge in [-0.1, -0.05) is 23.7 Å². The van der Waals surface area contributed by atoms with Crippen LogP contribution in [0.5, 0.6) is 23.0 Å². The first-order valence-corrected chi connectivity index (χ1v) is 10.4. The molecule has 160 valence electrons. The molecular weight excluding hydrogens is 408 g/mol. The van der Waals surface area contributed by atoms with Gasteiger partial charge in [-0.25, -0.2) is 0 Å². The summed E-state index contributed by atoms with van der Waals surface area (Å²) in [7, 11) is 1.56. The van der Waals surface area contributed by atoms with Crippen molar-refractivity contribution in [3.8, 4) is 23.0 Å². The van der Waals surface area contributed by atoms with Gasteiger partial charge in [0.1, 0.15) is 25.6 Å². The monoisotopic (exact) mass is 432 g/mol. The molecule has 1 amide bonds. The van der Waals surface area contributed by atoms with Gasteiger partial charge in [-0.3, -0.25) is 9.69 Å². The van der Waals surface area contributed by atoms with E-state index in [0.717, 1.165) is 19.6 Å². The van der Waals surface area contributed by atoms with Gasteiger partial charge in [-0.15, -0.1) is 0 Å². The number of para-hydroxylation sites is 1. The molecule has 0 saturated carbocycles. The van der Waals surface area contributed by atoms with E-state index >= 15 is 0 Å². The molecule has 0 N–H and O–H groups in total. The number of hydrogen-bond donors (Lipinski definition) is 0. The second-order valence-electron chi connectivity index (χ2n) is 7.12. The number of carbonyl (C=O) groups is 1. The highest BCUT2D eigenvalue weighted by Gasteiger charge is 2.26. The van der Waals surface area contributed by atoms with Crippen LogP contribution in [0.1, 0.15) is 10.4 Å². The van der Waals surface area contributed by atoms with Gasteiger partial charge in [-0.2, -0.15) is 0 Å². The minimum atomic E-state index is -0.0303. The Morgan fingerprint density at radius 3 is 2.60 bits per heavy atom. The number of carbonyl (C=O) groups excluding carboxylic acids is 1. The Labute approximate surface area is 181 Å². The summed E-state index contributed by atoms with van der Waals surface area (Å²) >= 11 is 6.12. The van der Waals surface area contributed by atoms with E-state index in [2.05, 4.69) is 4.90 Å². The molecule has 30 heavy (non-hydrogen) atoms. The third-order valence-electron chi connectivity index (χ3n) is 5.24. The van der Waals surface area contributed by atoms with E-state index in [-0.39, 0.29) is 5.91 Å². The van der Waals surface area contributed by atoms with E-state index in [4.69, 9.17) is 30.5 Å². The maximum atomic E-state index is 13.0. The van der Waals surface area contributed by atoms with E-state index in [9.17, 15) is 4.79 Å². The van der Waals surface area contributed by atoms with Crippen molar-refractivity contribution in [2.24, 2.45) is 0 Å². The highest BCUT2D eigenvalue weighted by molar-refractivity contribution is 6.32. The molecule has 0 spiro atoms. The van der Waals surface area contributed by atoms with Crippen LogP contribution in [-0.4, -0.2) is 75.4 Å². The zero-order valence-corrected chi connectivity index (χ0v) is 17.7. The van der Waals surface area contributed by atoms with Crippen molar-refractivity contribution in [3.63, 3.8) is 0 Å². The third-order valence-corrected chi connectivity index (χ3v) is 5.55. The topological polar surface area (TPSA) is 60.5 Å². The highest BCUT2D eigenvalue weighted by Crippen LogP contribution is 2.40. The predicted octanol–water partition coefficient (Wildman–Crippen LogP) is 2.96. The molecule has 1 saturated heterocycles. The molecule has 0 unspecified atom stereocenters. The molecule has 0 aliphatic carbocycles. The summed E-state index contributed by atoms with van der Waals surface area (Å²) in [4.78, 5) is 17.2. The molecule has 2 heterocycles. The van der Waals surface area contributed by atoms with Crippen LogP contribution in [0.2, 0.25) is 5.02 Å². The molecule has 0 radical (unpaired) electrons. The first-order chi connectivity index (χ1) is 14.7. The van der Waals surface area contributed by atoms with Crippen molar-refractivity contribution in [1.82, 2.24) is 9.80 Å². The zero-order valence-electron chi connectivity index (χ0n) is 16.9. The van der Waals surface area contributed by atoms with E-state index < -0.39 is 0 Å². The first-order valence-electron chi connectivity index (χ1n) is 10.0. The number of fused-ring (bicyclic) bond motifs is 1. The lowest BCUT2D eigenvalue weighted by molar-refractivity contribution is 0.0618. The maximum absolute atomic E-state index is 13.0. The summed E-state index contributed by atoms with van der Waals surface area (Å²) in [5.41, 5.74) is 0.548. The van der Waals surface area contributed by atoms with Gasteiger partial charge in [0.05, 0.1) is 12.1 Å². The van der Waals surface area contributed by atoms with Crippen LogP contribution >= 0.6 is 11.6 Å². The normalized spacial score (nSPS) is 16.3. The Kier molecular flexibility index (Phi) is 6.50. The van der Waals surface area contributed by atoms with Crippen LogP contribution in [0.4, 0.5) is 0 Å². The average molecular weight is 433 g/mol. The van der Waals surface area contributed by atoms with Crippen molar-refractivity contribution in [2.75, 3.05) is 59.7 Å². The fraction of sp³-hybridized carbons (Fsp3) is 0.409. The molecule has 2 aromatic rings. The van der Waals surface area contributed by atoms with Crippen molar-refractivity contribution in [2.45, 2.75) is 0 Å². The maximum Gasteiger partial charge on any atom is 0.254 e. The lowest BCUT2D eigenvalue weighted by atomic mass is 10.1. The van der Waals surface area contributed by atoms with Crippen LogP contribution in [0.3, 0.4) is 0 Å². The summed E-state index contributed by atoms with van der Waals surface area (Å²) in [6.07, 6.45) is 0. The number of nitrogens with zero attached hydrogens (tertiary/aromatic N) is 2. The van der Waals surface area contributed by atoms with Crippen LogP contribution in [0.15, 0.2) is 36.4 Å². The Hall–Kier alpha value is -2.64. The standard InChI is InChI=1S/C22H25ClN2O5/c1-27-19-14-16(15-20-21(19)30-13-12-29-20)22(26)25-8-6-24(7-9-25)10-11-28-18-5-3-2-4-17(18)23/h2-5,14-15H,6-13H2,1H3. The minimum absolute atomic E-state index is 0.0303. The summed E-state index contributed by atoms with van der Waals surface area (Å²) in [6, 6.07) is 10.9. The number of hydrogen-bond acceptors (Lipinski definition) is 6. The Balaban J connectivity index is 1.31. The molecule has 0 atom stereocenters. The zero-order chi connectivity index (χ0) is 20.9. The number of halogens is 1. The molecule has 8 heteroatoms. The number of amides is 1. The second kappa shape index (κ2) is 9.45. The molecule has 0 aromatic heterocycles. The second-order valence-corrected chi connectivity index (χ2v) is 7.52. The lowest BCUT2D eigenvalue weighted by Gasteiger charge is -2.35. The van der Waals surface area contributed by atoms with Gasteiger partial charge in [0, 0.05) is 38.3 Å². The largest absolute Gasteiger partial charge is 0.493 e. The number of methoxy groups -OCH3 is 1. The van der Waals surface area contributed by atoms with Gasteiger partial charge < -0.3 is 23.8 Å². The summed E-state index contributed by atoms with van der Waals surface area (Å²) in [6.45, 7) is 5.16. The summed E-state index contributed by atoms with van der Waals surface area (Å²) < 4.78 is 22.4. The third kappa shape index (κ3) is 4.57. The van der Waals surface area contributed by atoms with Gasteiger partial charge in [0.2, 0.25) is 5.75 Å². The molecule has 4 rings (SSSR count). The van der Waals surface area contributed by atoms with Gasteiger partial charge in [0.15, 0.2) is 11.5 Å². The molecule has 2 aliphatic heterocycles. The first kappa shape index (κ1) is 20.6. The van der Waals surface area contributed by atoms with Crippen LogP contribution in [0, 0.1) is 0 Å². The molecule has 1 fully saturated rings. The van der Waals surface area contributed by atoms with E-state index in [1.165, 1.54) is 0 Å². The van der Waals surface area contributed by atoms with Crippen molar-refractivity contribution in [3.05, 3.63) is 47.0 Å². The smallest absolute Gasteiger partial charge is 0.254 e. The van der Waals surface area contributed by atoms with Crippen LogP contribution in [-0.2, 0) is 0 Å². The highest BCUT2D eigenvalue weighted by atomic mass is 35.5. The van der Waals surface area contributed by atoms with Gasteiger partial charge in [0.25, 0.3) is 5.91 Å². The predicted molar refractivity (Wildman–Crippen MR) is 113 cm³/mol. The van der Waals surface area contributed by atoms with E-state index in [1.54, 1.807) is 19.2 Å². The number of ether oxygens (including phenoxy) is 4. The number of piperazine rings is 1. The van der Waals surface area contributed by atoms with Gasteiger partial charge >= 0.3 is 0 Å². The van der Waals surface area contributed by atoms with Crippen LogP contribution < -0.4 is 18.9 Å². The molecular formula is C22H25ClN2O5. The Bertz CT molecular complexity index is 882. The molecule has 2 aliphatic rings. The fourth-order valence-electron chi connectivity index (χ4n) is 3.60. The Morgan fingerprint density at radius 1 is 1.07 bits per heavy atom. The SMILES string of the molecule is COc1cc(C(=O)N2CCN(CCOc3ccccc3Cl)CC2)cc2c1OCCO2. The van der Waals surface area contributed by atoms with E-state index in [0.29, 0.717) is 66.5 Å². The lowest BCUT2D eigenvalue weighted by Crippen LogP contribution is -2.49. The van der Waals surface area contributed by atoms with E-state index in [1.807, 2.05) is 29.2 Å². The number of rotatable bonds is 6. The van der Waals surface area contributed by atoms with Gasteiger partial charge in [-0.05, 0) is 24.3 Å². The Morgan fingerprint density at radius 2 is 1.83 bits per heavy atom. The molecule has 2 aromatic carbocycles. The van der Waals surface area contributed by atoms with Crippen LogP contribution in [0.25, 0.3) is 0 Å². The van der Waals surface area contributed by atoms with Crippen molar-refractivity contribution in [1.29, 1.82) is 0 Å². The quantitative estimate of drug-likeness (QED) is 0.699. The minimum Gasteiger partial charge on any atom is -0.493 e. The average Bonchev–Trinajstić information content (AvgIpc) is 2.79. The molecule has 0 bridgehead atoms. The number of benzene rings is 2.